The van der Waals surface area contributed by atoms with Crippen molar-refractivity contribution in [3.8, 4) is 0 Å². The Hall–Kier alpha value is -7.51. The number of carbonyl (C=O) groups is 12. The number of nitrogens with two attached hydrogens (primary N) is 7. The standard InChI is InChI=1S/C40H70N16O15S/c1-19(32(65)51-21(31(43)64)9-13-29(60)61)50-34(67)22(5-3-16-48-39(44)45)53-35(68)23(6-4-17-49-40(46)47)54-36(69)24(8-11-27(42)57)55-38(71)26(15-18-72-2)56-37(70)25(10-14-30(62)63)52-33(66)20(41)7-12-28(58)59/h19-26H,3-18,41H2,1-2H3,(H2,42,57)(H2,43,64)(H,50,67)(H,51,65)(H,52,66)(H,53,68)(H,54,69)(H,55,71)(H,56,70)(H,58,59)(H,60,61)(H,62,63)(H4,44,45,48)(H4,46,47,49)/t19-,20-,21-,22-,23-,24-,25-,26-/m0/s1. The minimum absolute atomic E-state index is 0.0272. The summed E-state index contributed by atoms with van der Waals surface area (Å²) < 4.78 is 0. The van der Waals surface area contributed by atoms with Crippen LogP contribution in [-0.2, 0) is 57.5 Å². The summed E-state index contributed by atoms with van der Waals surface area (Å²) in [5.74, 6) is -13.1. The fraction of sp³-hybridized carbons (Fsp3) is 0.650. The predicted octanol–water partition coefficient (Wildman–Crippen LogP) is -7.07. The average Bonchev–Trinajstić information content (AvgIpc) is 3.29. The molecule has 0 bridgehead atoms. The summed E-state index contributed by atoms with van der Waals surface area (Å²) in [6, 6.07) is -11.9. The molecule has 406 valence electrons. The van der Waals surface area contributed by atoms with Crippen LogP contribution in [0.1, 0.15) is 90.4 Å². The Labute approximate surface area is 417 Å². The predicted molar refractivity (Wildman–Crippen MR) is 258 cm³/mol. The van der Waals surface area contributed by atoms with Gasteiger partial charge in [0.1, 0.15) is 42.3 Å². The first-order valence-electron chi connectivity index (χ1n) is 22.4. The second kappa shape index (κ2) is 34.7. The van der Waals surface area contributed by atoms with Gasteiger partial charge in [0.25, 0.3) is 0 Å². The summed E-state index contributed by atoms with van der Waals surface area (Å²) >= 11 is 1.25. The average molecular weight is 1050 g/mol. The number of nitrogens with zero attached hydrogens (tertiary/aromatic N) is 2. The number of carbonyl (C=O) groups excluding carboxylic acids is 9. The highest BCUT2D eigenvalue weighted by Gasteiger charge is 2.34. The van der Waals surface area contributed by atoms with Crippen molar-refractivity contribution < 1.29 is 72.9 Å². The van der Waals surface area contributed by atoms with Crippen LogP contribution in [0.3, 0.4) is 0 Å². The van der Waals surface area contributed by atoms with Gasteiger partial charge in [-0.15, -0.1) is 0 Å². The third kappa shape index (κ3) is 28.9. The molecule has 0 saturated carbocycles. The van der Waals surface area contributed by atoms with Crippen LogP contribution >= 0.6 is 11.8 Å². The number of aliphatic carboxylic acids is 3. The van der Waals surface area contributed by atoms with E-state index in [1.807, 2.05) is 0 Å². The molecule has 0 aromatic rings. The molecule has 0 fully saturated rings. The summed E-state index contributed by atoms with van der Waals surface area (Å²) in [6.45, 7) is 1.14. The lowest BCUT2D eigenvalue weighted by molar-refractivity contribution is -0.139. The lowest BCUT2D eigenvalue weighted by atomic mass is 10.0. The van der Waals surface area contributed by atoms with Crippen molar-refractivity contribution in [2.45, 2.75) is 139 Å². The van der Waals surface area contributed by atoms with Crippen molar-refractivity contribution >= 4 is 94.8 Å². The Balaban J connectivity index is 6.81. The van der Waals surface area contributed by atoms with Gasteiger partial charge < -0.3 is 92.7 Å². The third-order valence-electron chi connectivity index (χ3n) is 10.1. The normalized spacial score (nSPS) is 14.0. The van der Waals surface area contributed by atoms with Crippen LogP contribution in [0, 0.1) is 0 Å². The minimum Gasteiger partial charge on any atom is -0.481 e. The minimum atomic E-state index is -1.64. The molecule has 8 atom stereocenters. The van der Waals surface area contributed by atoms with Gasteiger partial charge in [0.2, 0.25) is 53.2 Å². The first-order chi connectivity index (χ1) is 33.7. The summed E-state index contributed by atoms with van der Waals surface area (Å²) in [6.07, 6.45) is -2.44. The molecule has 0 aromatic carbocycles. The zero-order valence-electron chi connectivity index (χ0n) is 40.0. The Bertz CT molecular complexity index is 1970. The van der Waals surface area contributed by atoms with Crippen LogP contribution < -0.4 is 77.4 Å². The number of carboxylic acids is 3. The maximum absolute atomic E-state index is 14.1. The number of rotatable bonds is 38. The molecule has 0 rings (SSSR count). The van der Waals surface area contributed by atoms with E-state index in [1.54, 1.807) is 6.26 Å². The summed E-state index contributed by atoms with van der Waals surface area (Å²) in [4.78, 5) is 160. The van der Waals surface area contributed by atoms with Crippen LogP contribution in [-0.4, -0.2) is 172 Å². The fourth-order valence-electron chi connectivity index (χ4n) is 6.15. The van der Waals surface area contributed by atoms with E-state index in [9.17, 15) is 62.6 Å². The highest BCUT2D eigenvalue weighted by atomic mass is 32.2. The third-order valence-corrected chi connectivity index (χ3v) is 10.7. The Kier molecular flexibility index (Phi) is 31.1. The van der Waals surface area contributed by atoms with Gasteiger partial charge in [-0.1, -0.05) is 0 Å². The summed E-state index contributed by atoms with van der Waals surface area (Å²) in [5.41, 5.74) is 38.2. The molecule has 0 heterocycles. The monoisotopic (exact) mass is 1050 g/mol. The first kappa shape index (κ1) is 64.5. The molecule has 0 aliphatic rings. The lowest BCUT2D eigenvalue weighted by Gasteiger charge is -2.27. The maximum Gasteiger partial charge on any atom is 0.303 e. The molecule has 9 amide bonds. The Morgan fingerprint density at radius 1 is 0.444 bits per heavy atom. The number of primary amides is 2. The number of thioether (sulfide) groups is 1. The number of amides is 9. The van der Waals surface area contributed by atoms with Gasteiger partial charge in [-0.3, -0.25) is 67.5 Å². The molecular weight excluding hydrogens is 977 g/mol. The second-order valence-electron chi connectivity index (χ2n) is 16.1. The Morgan fingerprint density at radius 2 is 0.778 bits per heavy atom. The van der Waals surface area contributed by atoms with E-state index >= 15 is 0 Å². The molecule has 0 unspecified atom stereocenters. The fourth-order valence-corrected chi connectivity index (χ4v) is 6.62. The van der Waals surface area contributed by atoms with Gasteiger partial charge in [0.05, 0.1) is 6.04 Å². The molecule has 0 saturated heterocycles. The molecule has 32 heteroatoms. The smallest absolute Gasteiger partial charge is 0.303 e. The number of guanidine groups is 2. The zero-order chi connectivity index (χ0) is 55.1. The molecule has 72 heavy (non-hydrogen) atoms. The summed E-state index contributed by atoms with van der Waals surface area (Å²) in [5, 5.41) is 44.1. The van der Waals surface area contributed by atoms with Crippen molar-refractivity contribution in [2.75, 3.05) is 25.1 Å². The highest BCUT2D eigenvalue weighted by Crippen LogP contribution is 2.10. The van der Waals surface area contributed by atoms with Gasteiger partial charge in [-0.2, -0.15) is 11.8 Å². The van der Waals surface area contributed by atoms with Gasteiger partial charge in [-0.25, -0.2) is 0 Å². The molecule has 0 radical (unpaired) electrons. The van der Waals surface area contributed by atoms with Crippen LogP contribution in [0.2, 0.25) is 0 Å². The van der Waals surface area contributed by atoms with Crippen molar-refractivity contribution in [2.24, 2.45) is 50.1 Å². The molecule has 24 N–H and O–H groups in total. The van der Waals surface area contributed by atoms with Crippen molar-refractivity contribution in [3.63, 3.8) is 0 Å². The van der Waals surface area contributed by atoms with E-state index in [-0.39, 0.29) is 75.7 Å². The largest absolute Gasteiger partial charge is 0.481 e. The van der Waals surface area contributed by atoms with Crippen LogP contribution in [0.25, 0.3) is 0 Å². The number of carboxylic acid groups (broad SMARTS) is 3. The van der Waals surface area contributed by atoms with Gasteiger partial charge in [-0.05, 0) is 76.7 Å². The van der Waals surface area contributed by atoms with Crippen LogP contribution in [0.15, 0.2) is 9.98 Å². The number of nitrogens with one attached hydrogen (secondary N) is 7. The first-order valence-corrected chi connectivity index (χ1v) is 23.8. The van der Waals surface area contributed by atoms with Crippen molar-refractivity contribution in [3.05, 3.63) is 0 Å². The number of aliphatic imine (C=N–C) groups is 2. The van der Waals surface area contributed by atoms with E-state index in [0.29, 0.717) is 0 Å². The van der Waals surface area contributed by atoms with Crippen LogP contribution in [0.5, 0.6) is 0 Å². The van der Waals surface area contributed by atoms with Gasteiger partial charge in [0.15, 0.2) is 11.9 Å². The lowest BCUT2D eigenvalue weighted by Crippen LogP contribution is -2.60. The summed E-state index contributed by atoms with van der Waals surface area (Å²) in [7, 11) is 0. The number of hydrogen-bond donors (Lipinski definition) is 17. The van der Waals surface area contributed by atoms with Crippen LogP contribution in [0.4, 0.5) is 0 Å². The van der Waals surface area contributed by atoms with Crippen molar-refractivity contribution in [1.29, 1.82) is 0 Å². The molecule has 0 aliphatic heterocycles. The van der Waals surface area contributed by atoms with E-state index in [2.05, 4.69) is 47.2 Å². The molecule has 0 spiro atoms. The highest BCUT2D eigenvalue weighted by molar-refractivity contribution is 7.98. The van der Waals surface area contributed by atoms with Gasteiger partial charge >= 0.3 is 17.9 Å². The molecular formula is C40H70N16O15S. The SMILES string of the molecule is CSCC[C@H](NC(=O)[C@H](CCC(=O)O)NC(=O)[C@@H](N)CCC(=O)O)C(=O)N[C@@H](CCC(N)=O)C(=O)N[C@@H](CCCN=C(N)N)C(=O)N[C@@H](CCCN=C(N)N)C(=O)N[C@@H](C)C(=O)N[C@@H](CCC(=O)O)C(N)=O. The molecule has 0 aliphatic carbocycles. The van der Waals surface area contributed by atoms with Crippen molar-refractivity contribution in [1.82, 2.24) is 37.2 Å². The molecule has 31 nitrogen and oxygen atoms in total. The van der Waals surface area contributed by atoms with E-state index in [4.69, 9.17) is 50.3 Å². The van der Waals surface area contributed by atoms with Gasteiger partial charge in [0, 0.05) is 38.8 Å². The topological polar surface area (TPSA) is 557 Å². The quantitative estimate of drug-likeness (QED) is 0.0155. The second-order valence-corrected chi connectivity index (χ2v) is 17.1. The zero-order valence-corrected chi connectivity index (χ0v) is 40.8. The maximum atomic E-state index is 14.1. The van der Waals surface area contributed by atoms with E-state index in [1.165, 1.54) is 18.7 Å². The Morgan fingerprint density at radius 3 is 1.15 bits per heavy atom. The van der Waals surface area contributed by atoms with E-state index in [0.717, 1.165) is 0 Å². The number of hydrogen-bond acceptors (Lipinski definition) is 16. The molecule has 0 aromatic heterocycles. The van der Waals surface area contributed by atoms with E-state index < -0.39 is 158 Å².